The predicted octanol–water partition coefficient (Wildman–Crippen LogP) is -0.593. The number of hydrogen-bond donors (Lipinski definition) is 7. The van der Waals surface area contributed by atoms with Gasteiger partial charge in [0.25, 0.3) is 0 Å². The molecule has 0 fully saturated rings. The lowest BCUT2D eigenvalue weighted by Gasteiger charge is -2.25. The third kappa shape index (κ3) is 19.6. The third-order valence-electron chi connectivity index (χ3n) is 5.48. The van der Waals surface area contributed by atoms with E-state index in [9.17, 15) is 24.2 Å². The molecule has 3 amide bonds. The van der Waals surface area contributed by atoms with Crippen molar-refractivity contribution in [2.75, 3.05) is 93.4 Å². The molecule has 0 radical (unpaired) electrons. The van der Waals surface area contributed by atoms with Crippen molar-refractivity contribution in [3.63, 3.8) is 0 Å². The Morgan fingerprint density at radius 2 is 1.05 bits per heavy atom. The molecule has 0 spiro atoms. The van der Waals surface area contributed by atoms with Crippen LogP contribution in [0.3, 0.4) is 0 Å². The summed E-state index contributed by atoms with van der Waals surface area (Å²) in [6, 6.07) is 0. The molecule has 0 unspecified atom stereocenters. The second-order valence-corrected chi connectivity index (χ2v) is 13.0. The van der Waals surface area contributed by atoms with Crippen molar-refractivity contribution < 1.29 is 42.3 Å². The van der Waals surface area contributed by atoms with Crippen molar-refractivity contribution in [3.05, 3.63) is 0 Å². The highest BCUT2D eigenvalue weighted by Crippen LogP contribution is 2.60. The maximum Gasteiger partial charge on any atom is 0.423 e. The van der Waals surface area contributed by atoms with Crippen LogP contribution in [0, 0.1) is 0 Å². The van der Waals surface area contributed by atoms with E-state index in [0.29, 0.717) is 52.1 Å². The molecule has 0 aromatic carbocycles. The lowest BCUT2D eigenvalue weighted by Crippen LogP contribution is -2.37. The van der Waals surface area contributed by atoms with E-state index in [4.69, 9.17) is 18.1 Å². The lowest BCUT2D eigenvalue weighted by molar-refractivity contribution is -0.122. The van der Waals surface area contributed by atoms with Gasteiger partial charge in [-0.3, -0.25) is 14.4 Å². The quantitative estimate of drug-likeness (QED) is 0.0518. The average Bonchev–Trinajstić information content (AvgIpc) is 2.92. The van der Waals surface area contributed by atoms with Gasteiger partial charge in [-0.25, -0.2) is 4.90 Å². The smallest absolute Gasteiger partial charge is 0.355 e. The van der Waals surface area contributed by atoms with Crippen LogP contribution >= 0.6 is 15.9 Å². The molecular weight excluding hydrogens is 554 g/mol. The van der Waals surface area contributed by atoms with Gasteiger partial charge in [0.2, 0.25) is 17.7 Å². The molecule has 230 valence electrons. The summed E-state index contributed by atoms with van der Waals surface area (Å²) in [6.07, 6.45) is 1.36. The molecule has 0 heterocycles. The fraction of sp³-hybridized carbons (Fsp3) is 0.864. The maximum atomic E-state index is 12.2. The van der Waals surface area contributed by atoms with Crippen LogP contribution in [0.1, 0.15) is 32.6 Å². The van der Waals surface area contributed by atoms with E-state index in [1.54, 1.807) is 4.90 Å². The van der Waals surface area contributed by atoms with Crippen molar-refractivity contribution >= 4 is 33.6 Å². The first-order valence-electron chi connectivity index (χ1n) is 12.9. The van der Waals surface area contributed by atoms with Gasteiger partial charge in [-0.1, -0.05) is 6.92 Å². The van der Waals surface area contributed by atoms with Gasteiger partial charge in [-0.05, 0) is 13.0 Å². The van der Waals surface area contributed by atoms with Crippen molar-refractivity contribution in [1.29, 1.82) is 0 Å². The first kappa shape index (κ1) is 37.9. The van der Waals surface area contributed by atoms with Crippen LogP contribution in [0.4, 0.5) is 0 Å². The summed E-state index contributed by atoms with van der Waals surface area (Å²) in [5, 5.41) is 14.5. The van der Waals surface area contributed by atoms with Gasteiger partial charge in [0.1, 0.15) is 0 Å². The van der Waals surface area contributed by atoms with Gasteiger partial charge < -0.3 is 26.6 Å². The standard InChI is InChI=1S/C22H48N6O9P2/c1-6-23-11-9-21(30)25-14-13-24-12-10-22(31)27-16-15-26-20(29)8-7-17-28(18-38(32,34-2)35-3)19-39(33,36-4)37-5/h23-24,32-33H,6-19H2,1-5H3,(H-2,25,26,27,29,30,31)/p+2. The molecule has 0 aliphatic heterocycles. The van der Waals surface area contributed by atoms with E-state index in [2.05, 4.69) is 26.6 Å². The van der Waals surface area contributed by atoms with Crippen LogP contribution < -0.4 is 26.6 Å². The summed E-state index contributed by atoms with van der Waals surface area (Å²) in [5.41, 5.74) is 0. The van der Waals surface area contributed by atoms with E-state index in [1.165, 1.54) is 28.4 Å². The maximum absolute atomic E-state index is 12.2. The van der Waals surface area contributed by atoms with Crippen molar-refractivity contribution in [2.24, 2.45) is 0 Å². The van der Waals surface area contributed by atoms with Gasteiger partial charge >= 0.3 is 15.9 Å². The highest BCUT2D eigenvalue weighted by Gasteiger charge is 2.47. The predicted molar refractivity (Wildman–Crippen MR) is 152 cm³/mol. The Hall–Kier alpha value is -1.09. The zero-order chi connectivity index (χ0) is 29.6. The molecule has 0 aliphatic rings. The Kier molecular flexibility index (Phi) is 22.0. The molecule has 0 saturated carbocycles. The Bertz CT molecular complexity index is 668. The Balaban J connectivity index is 4.11. The highest BCUT2D eigenvalue weighted by molar-refractivity contribution is 7.61. The first-order chi connectivity index (χ1) is 18.6. The van der Waals surface area contributed by atoms with Gasteiger partial charge in [0, 0.05) is 65.1 Å². The Morgan fingerprint density at radius 1 is 0.641 bits per heavy atom. The monoisotopic (exact) mass is 604 g/mol. The minimum absolute atomic E-state index is 0.00291. The summed E-state index contributed by atoms with van der Waals surface area (Å²) in [6.45, 7) is 5.97. The molecule has 0 bridgehead atoms. The number of nitrogens with zero attached hydrogens (tertiary/aromatic N) is 1. The van der Waals surface area contributed by atoms with E-state index < -0.39 is 15.9 Å². The summed E-state index contributed by atoms with van der Waals surface area (Å²) < 4.78 is 20.4. The van der Waals surface area contributed by atoms with Gasteiger partial charge in [-0.15, -0.1) is 0 Å². The second-order valence-electron chi connectivity index (χ2n) is 8.44. The van der Waals surface area contributed by atoms with E-state index in [1.807, 2.05) is 6.92 Å². The summed E-state index contributed by atoms with van der Waals surface area (Å²) in [4.78, 5) is 58.2. The molecule has 0 aromatic heterocycles. The van der Waals surface area contributed by atoms with Crippen LogP contribution in [-0.4, -0.2) is 126 Å². The molecule has 0 aliphatic carbocycles. The number of amides is 3. The molecule has 0 atom stereocenters. The number of carbonyl (C=O) groups excluding carboxylic acids is 3. The SMILES string of the molecule is CCNCCC(=O)NCCNCCC(=O)NCCNC(=O)CCCN(C[P+](O)(OC)OC)C[P+](O)(OC)OC. The Labute approximate surface area is 233 Å². The minimum Gasteiger partial charge on any atom is -0.355 e. The third-order valence-corrected chi connectivity index (χ3v) is 9.27. The van der Waals surface area contributed by atoms with Crippen molar-refractivity contribution in [3.8, 4) is 0 Å². The molecule has 15 nitrogen and oxygen atoms in total. The van der Waals surface area contributed by atoms with Crippen LogP contribution in [0.25, 0.3) is 0 Å². The largest absolute Gasteiger partial charge is 0.423 e. The number of hydrogen-bond acceptors (Lipinski definition) is 12. The fourth-order valence-electron chi connectivity index (χ4n) is 3.20. The van der Waals surface area contributed by atoms with Crippen molar-refractivity contribution in [2.45, 2.75) is 32.6 Å². The summed E-state index contributed by atoms with van der Waals surface area (Å²) in [5.74, 6) is -0.335. The average molecular weight is 605 g/mol. The summed E-state index contributed by atoms with van der Waals surface area (Å²) >= 11 is 0. The molecular formula is C22H50N6O9P2+2. The zero-order valence-electron chi connectivity index (χ0n) is 24.0. The number of rotatable bonds is 25. The zero-order valence-corrected chi connectivity index (χ0v) is 25.8. The van der Waals surface area contributed by atoms with Crippen molar-refractivity contribution in [1.82, 2.24) is 31.5 Å². The van der Waals surface area contributed by atoms with Crippen LogP contribution in [0.5, 0.6) is 0 Å². The summed E-state index contributed by atoms with van der Waals surface area (Å²) in [7, 11) is -0.968. The lowest BCUT2D eigenvalue weighted by atomic mass is 10.3. The number of carbonyl (C=O) groups is 3. The highest BCUT2D eigenvalue weighted by atomic mass is 31.2. The molecule has 39 heavy (non-hydrogen) atoms. The van der Waals surface area contributed by atoms with Gasteiger partial charge in [-0.2, -0.15) is 27.9 Å². The van der Waals surface area contributed by atoms with E-state index in [-0.39, 0.29) is 49.7 Å². The topological polar surface area (TPSA) is 192 Å². The normalized spacial score (nSPS) is 12.0. The molecule has 0 saturated heterocycles. The van der Waals surface area contributed by atoms with E-state index in [0.717, 1.165) is 6.54 Å². The second kappa shape index (κ2) is 22.6. The van der Waals surface area contributed by atoms with E-state index >= 15 is 0 Å². The molecule has 0 aromatic rings. The minimum atomic E-state index is -3.16. The first-order valence-corrected chi connectivity index (χ1v) is 16.5. The molecule has 17 heteroatoms. The van der Waals surface area contributed by atoms with Crippen LogP contribution in [0.15, 0.2) is 0 Å². The van der Waals surface area contributed by atoms with Gasteiger partial charge in [0.15, 0.2) is 12.6 Å². The van der Waals surface area contributed by atoms with Crippen LogP contribution in [0.2, 0.25) is 0 Å². The molecule has 7 N–H and O–H groups in total. The van der Waals surface area contributed by atoms with Gasteiger partial charge in [0.05, 0.1) is 28.4 Å². The van der Waals surface area contributed by atoms with Crippen LogP contribution in [-0.2, 0) is 32.5 Å². The number of nitrogens with one attached hydrogen (secondary N) is 5. The Morgan fingerprint density at radius 3 is 1.49 bits per heavy atom. The molecule has 0 rings (SSSR count). The fourth-order valence-corrected chi connectivity index (χ4v) is 5.61.